The molecular weight excluding hydrogens is 430 g/mol. The minimum Gasteiger partial charge on any atom is -0.356 e. The number of hydrogen-bond acceptors (Lipinski definition) is 2. The summed E-state index contributed by atoms with van der Waals surface area (Å²) in [5.41, 5.74) is 0.810. The average molecular weight is 462 g/mol. The van der Waals surface area contributed by atoms with E-state index >= 15 is 0 Å². The van der Waals surface area contributed by atoms with Crippen molar-refractivity contribution >= 4 is 29.9 Å². The van der Waals surface area contributed by atoms with Gasteiger partial charge in [0.15, 0.2) is 5.96 Å². The SMILES string of the molecule is CN=C(NCC1CCCN(C)C1)NCC(C)(C)c1cccc(F)c1.I. The molecule has 1 fully saturated rings. The smallest absolute Gasteiger partial charge is 0.191 e. The summed E-state index contributed by atoms with van der Waals surface area (Å²) in [6.45, 7) is 8.19. The Labute approximate surface area is 168 Å². The van der Waals surface area contributed by atoms with Crippen LogP contribution in [0.2, 0.25) is 0 Å². The zero-order valence-electron chi connectivity index (χ0n) is 15.8. The van der Waals surface area contributed by atoms with Gasteiger partial charge in [-0.05, 0) is 50.0 Å². The molecule has 0 radical (unpaired) electrons. The molecule has 1 heterocycles. The van der Waals surface area contributed by atoms with E-state index in [4.69, 9.17) is 0 Å². The van der Waals surface area contributed by atoms with Crippen LogP contribution in [-0.2, 0) is 5.41 Å². The molecule has 1 atom stereocenters. The van der Waals surface area contributed by atoms with Gasteiger partial charge in [0.05, 0.1) is 0 Å². The Bertz CT molecular complexity index is 562. The molecule has 0 aliphatic carbocycles. The molecule has 0 aromatic heterocycles. The molecule has 0 spiro atoms. The summed E-state index contributed by atoms with van der Waals surface area (Å²) in [7, 11) is 3.97. The molecule has 1 saturated heterocycles. The Morgan fingerprint density at radius 3 is 2.76 bits per heavy atom. The van der Waals surface area contributed by atoms with Crippen molar-refractivity contribution in [3.8, 4) is 0 Å². The first-order valence-electron chi connectivity index (χ1n) is 8.80. The van der Waals surface area contributed by atoms with E-state index in [1.165, 1.54) is 25.5 Å². The molecule has 6 heteroatoms. The van der Waals surface area contributed by atoms with Gasteiger partial charge >= 0.3 is 0 Å². The van der Waals surface area contributed by atoms with E-state index in [1.54, 1.807) is 19.2 Å². The first-order valence-corrected chi connectivity index (χ1v) is 8.80. The number of nitrogens with one attached hydrogen (secondary N) is 2. The number of likely N-dealkylation sites (tertiary alicyclic amines) is 1. The van der Waals surface area contributed by atoms with Gasteiger partial charge in [0.1, 0.15) is 5.82 Å². The Kier molecular flexibility index (Phi) is 9.13. The van der Waals surface area contributed by atoms with Gasteiger partial charge < -0.3 is 15.5 Å². The van der Waals surface area contributed by atoms with Gasteiger partial charge in [-0.2, -0.15) is 0 Å². The quantitative estimate of drug-likeness (QED) is 0.401. The zero-order chi connectivity index (χ0) is 17.6. The molecule has 2 N–H and O–H groups in total. The van der Waals surface area contributed by atoms with E-state index in [9.17, 15) is 4.39 Å². The highest BCUT2D eigenvalue weighted by Crippen LogP contribution is 2.22. The van der Waals surface area contributed by atoms with Gasteiger partial charge in [-0.25, -0.2) is 4.39 Å². The maximum atomic E-state index is 13.5. The topological polar surface area (TPSA) is 39.7 Å². The fourth-order valence-electron chi connectivity index (χ4n) is 3.22. The minimum absolute atomic E-state index is 0. The third-order valence-electron chi connectivity index (χ3n) is 4.81. The van der Waals surface area contributed by atoms with Gasteiger partial charge in [0, 0.05) is 32.1 Å². The van der Waals surface area contributed by atoms with Crippen LogP contribution in [0, 0.1) is 11.7 Å². The number of hydrogen-bond donors (Lipinski definition) is 2. The highest BCUT2D eigenvalue weighted by Gasteiger charge is 2.22. The third kappa shape index (κ3) is 7.09. The van der Waals surface area contributed by atoms with Gasteiger partial charge in [-0.15, -0.1) is 24.0 Å². The van der Waals surface area contributed by atoms with E-state index < -0.39 is 0 Å². The van der Waals surface area contributed by atoms with Crippen molar-refractivity contribution in [3.63, 3.8) is 0 Å². The van der Waals surface area contributed by atoms with Gasteiger partial charge in [-0.3, -0.25) is 4.99 Å². The van der Waals surface area contributed by atoms with E-state index in [0.717, 1.165) is 24.6 Å². The first-order chi connectivity index (χ1) is 11.4. The maximum absolute atomic E-state index is 13.5. The van der Waals surface area contributed by atoms with E-state index in [-0.39, 0.29) is 35.2 Å². The summed E-state index contributed by atoms with van der Waals surface area (Å²) in [6, 6.07) is 6.82. The lowest BCUT2D eigenvalue weighted by molar-refractivity contribution is 0.210. The Morgan fingerprint density at radius 1 is 1.36 bits per heavy atom. The molecule has 4 nitrogen and oxygen atoms in total. The van der Waals surface area contributed by atoms with Gasteiger partial charge in [0.25, 0.3) is 0 Å². The zero-order valence-corrected chi connectivity index (χ0v) is 18.1. The fourth-order valence-corrected chi connectivity index (χ4v) is 3.22. The fraction of sp³-hybridized carbons (Fsp3) is 0.632. The molecule has 1 aliphatic rings. The number of benzene rings is 1. The summed E-state index contributed by atoms with van der Waals surface area (Å²) in [6.07, 6.45) is 2.53. The summed E-state index contributed by atoms with van der Waals surface area (Å²) < 4.78 is 13.5. The number of guanidine groups is 1. The van der Waals surface area contributed by atoms with Crippen LogP contribution in [0.5, 0.6) is 0 Å². The highest BCUT2D eigenvalue weighted by molar-refractivity contribution is 14.0. The Balaban J connectivity index is 0.00000312. The van der Waals surface area contributed by atoms with Crippen molar-refractivity contribution in [3.05, 3.63) is 35.6 Å². The van der Waals surface area contributed by atoms with E-state index in [2.05, 4.69) is 41.4 Å². The standard InChI is InChI=1S/C19H31FN4.HI/c1-19(2,16-8-5-9-17(20)11-16)14-23-18(21-3)22-12-15-7-6-10-24(4)13-15;/h5,8-9,11,15H,6-7,10,12-14H2,1-4H3,(H2,21,22,23);1H. The van der Waals surface area contributed by atoms with Gasteiger partial charge in [0.2, 0.25) is 0 Å². The Hall–Kier alpha value is -0.890. The first kappa shape index (κ1) is 22.2. The lowest BCUT2D eigenvalue weighted by Gasteiger charge is -2.31. The van der Waals surface area contributed by atoms with E-state index in [1.807, 2.05) is 6.07 Å². The van der Waals surface area contributed by atoms with Crippen LogP contribution in [-0.4, -0.2) is 51.1 Å². The number of halogens is 2. The highest BCUT2D eigenvalue weighted by atomic mass is 127. The van der Waals surface area contributed by atoms with Crippen LogP contribution in [0.15, 0.2) is 29.3 Å². The Morgan fingerprint density at radius 2 is 2.12 bits per heavy atom. The maximum Gasteiger partial charge on any atom is 0.191 e. The summed E-state index contributed by atoms with van der Waals surface area (Å²) >= 11 is 0. The normalized spacial score (nSPS) is 19.2. The lowest BCUT2D eigenvalue weighted by atomic mass is 9.84. The van der Waals surface area contributed by atoms with Crippen molar-refractivity contribution < 1.29 is 4.39 Å². The molecule has 142 valence electrons. The molecule has 1 aromatic carbocycles. The third-order valence-corrected chi connectivity index (χ3v) is 4.81. The predicted molar refractivity (Wildman–Crippen MR) is 114 cm³/mol. The molecule has 0 amide bonds. The lowest BCUT2D eigenvalue weighted by Crippen LogP contribution is -2.46. The van der Waals surface area contributed by atoms with E-state index in [0.29, 0.717) is 12.5 Å². The number of rotatable bonds is 5. The second-order valence-electron chi connectivity index (χ2n) is 7.47. The molecular formula is C19H32FIN4. The van der Waals surface area contributed by atoms with Crippen molar-refractivity contribution in [2.24, 2.45) is 10.9 Å². The summed E-state index contributed by atoms with van der Waals surface area (Å²) in [5, 5.41) is 6.81. The second-order valence-corrected chi connectivity index (χ2v) is 7.47. The number of nitrogens with zero attached hydrogens (tertiary/aromatic N) is 2. The van der Waals surface area contributed by atoms with Crippen LogP contribution in [0.3, 0.4) is 0 Å². The number of aliphatic imine (C=N–C) groups is 1. The van der Waals surface area contributed by atoms with Gasteiger partial charge in [-0.1, -0.05) is 26.0 Å². The van der Waals surface area contributed by atoms with Crippen molar-refractivity contribution in [2.45, 2.75) is 32.1 Å². The summed E-state index contributed by atoms with van der Waals surface area (Å²) in [4.78, 5) is 6.70. The molecule has 0 bridgehead atoms. The van der Waals surface area contributed by atoms with Crippen molar-refractivity contribution in [1.82, 2.24) is 15.5 Å². The monoisotopic (exact) mass is 462 g/mol. The van der Waals surface area contributed by atoms with Crippen LogP contribution < -0.4 is 10.6 Å². The molecule has 2 rings (SSSR count). The molecule has 1 aliphatic heterocycles. The second kappa shape index (κ2) is 10.3. The van der Waals surface area contributed by atoms with Crippen molar-refractivity contribution in [2.75, 3.05) is 40.3 Å². The molecule has 1 unspecified atom stereocenters. The van der Waals surface area contributed by atoms with Crippen molar-refractivity contribution in [1.29, 1.82) is 0 Å². The molecule has 0 saturated carbocycles. The number of piperidine rings is 1. The van der Waals surface area contributed by atoms with Crippen LogP contribution in [0.25, 0.3) is 0 Å². The predicted octanol–water partition coefficient (Wildman–Crippen LogP) is 3.23. The van der Waals surface area contributed by atoms with Crippen LogP contribution in [0.1, 0.15) is 32.3 Å². The van der Waals surface area contributed by atoms with Crippen LogP contribution >= 0.6 is 24.0 Å². The summed E-state index contributed by atoms with van der Waals surface area (Å²) in [5.74, 6) is 1.29. The minimum atomic E-state index is -0.190. The van der Waals surface area contributed by atoms with Crippen LogP contribution in [0.4, 0.5) is 4.39 Å². The largest absolute Gasteiger partial charge is 0.356 e. The average Bonchev–Trinajstić information content (AvgIpc) is 2.55. The molecule has 1 aromatic rings. The molecule has 25 heavy (non-hydrogen) atoms.